The quantitative estimate of drug-likeness (QED) is 0.840. The van der Waals surface area contributed by atoms with Gasteiger partial charge in [0.2, 0.25) is 0 Å². The number of rotatable bonds is 3. The molecule has 7 heteroatoms. The number of hydrogen-bond donors (Lipinski definition) is 1. The average Bonchev–Trinajstić information content (AvgIpc) is 3.08. The first-order valence-electron chi connectivity index (χ1n) is 8.49. The van der Waals surface area contributed by atoms with Crippen LogP contribution in [0.25, 0.3) is 10.4 Å². The molecule has 3 aliphatic rings. The van der Waals surface area contributed by atoms with Crippen LogP contribution in [0.3, 0.4) is 0 Å². The van der Waals surface area contributed by atoms with Crippen molar-refractivity contribution >= 4 is 40.4 Å². The molecular weight excluding hydrogens is 377 g/mol. The Morgan fingerprint density at radius 3 is 2.76 bits per heavy atom. The minimum Gasteiger partial charge on any atom is -0.345 e. The van der Waals surface area contributed by atoms with Crippen LogP contribution in [0.2, 0.25) is 10.0 Å². The highest BCUT2D eigenvalue weighted by Crippen LogP contribution is 2.35. The second-order valence-corrected chi connectivity index (χ2v) is 8.64. The number of piperidine rings is 3. The number of carbonyl (C=O) groups is 1. The Morgan fingerprint density at radius 2 is 2.08 bits per heavy atom. The number of carbonyl (C=O) groups excluding carboxylic acids is 1. The minimum atomic E-state index is -0.0908. The van der Waals surface area contributed by atoms with Crippen LogP contribution >= 0.6 is 34.5 Å². The van der Waals surface area contributed by atoms with Gasteiger partial charge in [-0.2, -0.15) is 0 Å². The third kappa shape index (κ3) is 3.31. The van der Waals surface area contributed by atoms with Gasteiger partial charge in [0.05, 0.1) is 9.90 Å². The molecule has 1 amide bonds. The van der Waals surface area contributed by atoms with Gasteiger partial charge in [0, 0.05) is 28.9 Å². The smallest absolute Gasteiger partial charge is 0.280 e. The number of hydrogen-bond acceptors (Lipinski definition) is 4. The van der Waals surface area contributed by atoms with Gasteiger partial charge in [0.25, 0.3) is 5.91 Å². The standard InChI is InChI=1S/C18H19Cl2N3OS/c1-10-16(11-4-6-23(10)7-5-11)22-17(24)18-21-9-15(25-18)13-3-2-12(19)8-14(13)20/h2-3,8-11,16H,4-7H2,1H3,(H,22,24)/t10-,16+/m1/s1. The number of fused-ring (bicyclic) bond motifs is 3. The monoisotopic (exact) mass is 395 g/mol. The third-order valence-corrected chi connectivity index (χ3v) is 6.95. The van der Waals surface area contributed by atoms with Crippen LogP contribution in [0.15, 0.2) is 24.4 Å². The summed E-state index contributed by atoms with van der Waals surface area (Å²) in [6, 6.07) is 5.95. The highest BCUT2D eigenvalue weighted by atomic mass is 35.5. The van der Waals surface area contributed by atoms with Crippen molar-refractivity contribution in [3.05, 3.63) is 39.4 Å². The molecule has 2 aromatic rings. The lowest BCUT2D eigenvalue weighted by molar-refractivity contribution is 0.0217. The summed E-state index contributed by atoms with van der Waals surface area (Å²) in [5.41, 5.74) is 0.846. The van der Waals surface area contributed by atoms with E-state index in [-0.39, 0.29) is 11.9 Å². The summed E-state index contributed by atoms with van der Waals surface area (Å²) in [5.74, 6) is 0.487. The molecule has 3 saturated heterocycles. The molecule has 3 aliphatic heterocycles. The van der Waals surface area contributed by atoms with E-state index in [1.54, 1.807) is 18.3 Å². The first kappa shape index (κ1) is 17.3. The molecule has 1 aromatic heterocycles. The highest BCUT2D eigenvalue weighted by molar-refractivity contribution is 7.17. The molecule has 2 bridgehead atoms. The molecule has 0 radical (unpaired) electrons. The second-order valence-electron chi connectivity index (χ2n) is 6.77. The number of nitrogens with zero attached hydrogens (tertiary/aromatic N) is 2. The fourth-order valence-corrected chi connectivity index (χ4v) is 5.38. The second kappa shape index (κ2) is 6.88. The normalized spacial score (nSPS) is 28.1. The first-order valence-corrected chi connectivity index (χ1v) is 10.1. The Labute approximate surface area is 161 Å². The summed E-state index contributed by atoms with van der Waals surface area (Å²) in [6.45, 7) is 4.50. The lowest BCUT2D eigenvalue weighted by atomic mass is 9.79. The molecule has 2 atom stereocenters. The van der Waals surface area contributed by atoms with Gasteiger partial charge < -0.3 is 5.32 Å². The summed E-state index contributed by atoms with van der Waals surface area (Å²) in [6.07, 6.45) is 4.03. The zero-order valence-electron chi connectivity index (χ0n) is 13.8. The van der Waals surface area contributed by atoms with Gasteiger partial charge in [0.1, 0.15) is 0 Å². The van der Waals surface area contributed by atoms with E-state index < -0.39 is 0 Å². The molecule has 1 aromatic carbocycles. The average molecular weight is 396 g/mol. The van der Waals surface area contributed by atoms with E-state index in [9.17, 15) is 4.79 Å². The molecule has 4 heterocycles. The van der Waals surface area contributed by atoms with Gasteiger partial charge in [0.15, 0.2) is 5.01 Å². The predicted octanol–water partition coefficient (Wildman–Crippen LogP) is 4.33. The molecule has 5 rings (SSSR count). The molecule has 0 unspecified atom stereocenters. The van der Waals surface area contributed by atoms with Crippen LogP contribution in [0.5, 0.6) is 0 Å². The van der Waals surface area contributed by atoms with Crippen molar-refractivity contribution in [2.75, 3.05) is 13.1 Å². The van der Waals surface area contributed by atoms with E-state index in [1.165, 1.54) is 24.2 Å². The summed E-state index contributed by atoms with van der Waals surface area (Å²) >= 11 is 13.6. The molecule has 25 heavy (non-hydrogen) atoms. The van der Waals surface area contributed by atoms with E-state index in [1.807, 2.05) is 6.07 Å². The molecule has 3 fully saturated rings. The molecule has 0 saturated carbocycles. The number of halogens is 2. The van der Waals surface area contributed by atoms with Crippen LogP contribution in [0.1, 0.15) is 29.6 Å². The Kier molecular flexibility index (Phi) is 4.75. The van der Waals surface area contributed by atoms with Crippen molar-refractivity contribution in [3.63, 3.8) is 0 Å². The van der Waals surface area contributed by atoms with Crippen LogP contribution in [-0.2, 0) is 0 Å². The first-order chi connectivity index (χ1) is 12.0. The summed E-state index contributed by atoms with van der Waals surface area (Å²) < 4.78 is 0. The lowest BCUT2D eigenvalue weighted by Gasteiger charge is -2.49. The molecule has 0 spiro atoms. The fourth-order valence-electron chi connectivity index (χ4n) is 3.95. The zero-order valence-corrected chi connectivity index (χ0v) is 16.2. The number of amides is 1. The molecule has 0 aliphatic carbocycles. The van der Waals surface area contributed by atoms with Crippen molar-refractivity contribution in [2.45, 2.75) is 31.8 Å². The van der Waals surface area contributed by atoms with Crippen LogP contribution in [-0.4, -0.2) is 41.0 Å². The van der Waals surface area contributed by atoms with Crippen molar-refractivity contribution in [1.82, 2.24) is 15.2 Å². The van der Waals surface area contributed by atoms with Crippen molar-refractivity contribution < 1.29 is 4.79 Å². The van der Waals surface area contributed by atoms with E-state index in [2.05, 4.69) is 22.1 Å². The third-order valence-electron chi connectivity index (χ3n) is 5.37. The van der Waals surface area contributed by atoms with Gasteiger partial charge in [-0.05, 0) is 50.9 Å². The van der Waals surface area contributed by atoms with Crippen molar-refractivity contribution in [3.8, 4) is 10.4 Å². The zero-order chi connectivity index (χ0) is 17.6. The van der Waals surface area contributed by atoms with Gasteiger partial charge in [-0.15, -0.1) is 11.3 Å². The maximum absolute atomic E-state index is 12.7. The fraction of sp³-hybridized carbons (Fsp3) is 0.444. The summed E-state index contributed by atoms with van der Waals surface area (Å²) in [5, 5.41) is 4.85. The number of thiazole rings is 1. The van der Waals surface area contributed by atoms with Crippen LogP contribution in [0, 0.1) is 5.92 Å². The van der Waals surface area contributed by atoms with Crippen LogP contribution in [0.4, 0.5) is 0 Å². The van der Waals surface area contributed by atoms with Gasteiger partial charge in [-0.1, -0.05) is 29.3 Å². The Balaban J connectivity index is 1.51. The Morgan fingerprint density at radius 1 is 1.32 bits per heavy atom. The van der Waals surface area contributed by atoms with E-state index in [4.69, 9.17) is 23.2 Å². The topological polar surface area (TPSA) is 45.2 Å². The van der Waals surface area contributed by atoms with Gasteiger partial charge in [-0.3, -0.25) is 9.69 Å². The SMILES string of the molecule is C[C@@H]1[C@H](NC(=O)c2ncc(-c3ccc(Cl)cc3Cl)s2)C2CCN1CC2. The number of benzene rings is 1. The van der Waals surface area contributed by atoms with E-state index in [0.717, 1.165) is 23.5 Å². The molecule has 132 valence electrons. The maximum Gasteiger partial charge on any atom is 0.280 e. The highest BCUT2D eigenvalue weighted by Gasteiger charge is 2.40. The van der Waals surface area contributed by atoms with Gasteiger partial charge >= 0.3 is 0 Å². The molecule has 1 N–H and O–H groups in total. The predicted molar refractivity (Wildman–Crippen MR) is 103 cm³/mol. The summed E-state index contributed by atoms with van der Waals surface area (Å²) in [4.78, 5) is 20.3. The van der Waals surface area contributed by atoms with Crippen molar-refractivity contribution in [2.24, 2.45) is 5.92 Å². The minimum absolute atomic E-state index is 0.0908. The lowest BCUT2D eigenvalue weighted by Crippen LogP contribution is -2.62. The van der Waals surface area contributed by atoms with Crippen LogP contribution < -0.4 is 5.32 Å². The maximum atomic E-state index is 12.7. The molecular formula is C18H19Cl2N3OS. The van der Waals surface area contributed by atoms with Gasteiger partial charge in [-0.25, -0.2) is 4.98 Å². The Bertz CT molecular complexity index is 799. The Hall–Kier alpha value is -1.14. The van der Waals surface area contributed by atoms with E-state index >= 15 is 0 Å². The van der Waals surface area contributed by atoms with E-state index in [0.29, 0.717) is 27.0 Å². The molecule has 4 nitrogen and oxygen atoms in total. The summed E-state index contributed by atoms with van der Waals surface area (Å²) in [7, 11) is 0. The van der Waals surface area contributed by atoms with Crippen molar-refractivity contribution in [1.29, 1.82) is 0 Å². The largest absolute Gasteiger partial charge is 0.345 e. The number of nitrogens with one attached hydrogen (secondary N) is 1. The number of aromatic nitrogens is 1.